The number of rotatable bonds is 8. The monoisotopic (exact) mass is 1060 g/mol. The molecule has 0 saturated heterocycles. The van der Waals surface area contributed by atoms with E-state index in [0.29, 0.717) is 11.8 Å². The highest BCUT2D eigenvalue weighted by Crippen LogP contribution is 2.32. The molecule has 0 aliphatic heterocycles. The maximum Gasteiger partial charge on any atom is -0.0219 e. The van der Waals surface area contributed by atoms with Crippen LogP contribution < -0.4 is 0 Å². The molecule has 0 unspecified atom stereocenters. The van der Waals surface area contributed by atoms with Gasteiger partial charge in [0.05, 0.1) is 0 Å². The Morgan fingerprint density at radius 2 is 0.427 bits per heavy atom. The van der Waals surface area contributed by atoms with E-state index in [-0.39, 0.29) is 7.43 Å². The molecule has 4 aliphatic rings. The van der Waals surface area contributed by atoms with E-state index in [1.807, 2.05) is 95.2 Å². The van der Waals surface area contributed by atoms with Gasteiger partial charge in [-0.05, 0) is 82.1 Å². The van der Waals surface area contributed by atoms with Crippen molar-refractivity contribution >= 4 is 0 Å². The molecule has 456 valence electrons. The van der Waals surface area contributed by atoms with Crippen molar-refractivity contribution < 1.29 is 0 Å². The lowest BCUT2D eigenvalue weighted by Gasteiger charge is -2.24. The van der Waals surface area contributed by atoms with E-state index in [1.165, 1.54) is 140 Å². The second-order valence-electron chi connectivity index (χ2n) is 22.6. The summed E-state index contributed by atoms with van der Waals surface area (Å²) < 4.78 is 0. The van der Waals surface area contributed by atoms with Crippen LogP contribution in [-0.2, 0) is 0 Å². The SMILES string of the molecule is C.CC.CC.CC.CC.CC.CC.CC(C)C1CCCC1.CC(C)C1CCCC1.CC(C)C1CCCCC1.CC(C)C1CCCCC1.CC(C)c1ccccc1.CC(C)c1ccccc1.CCC(C)C.CCC(C)C. The first kappa shape index (κ1) is 92.8. The van der Waals surface area contributed by atoms with Gasteiger partial charge in [0.15, 0.2) is 0 Å². The maximum absolute atomic E-state index is 2.36. The van der Waals surface area contributed by atoms with E-state index in [1.54, 1.807) is 0 Å². The number of benzene rings is 2. The third kappa shape index (κ3) is 68.5. The Labute approximate surface area is 484 Å². The molecule has 2 aromatic rings. The standard InChI is InChI=1S/2C9H18.2C9H12.2C8H16.2C5H12.6C2H6.CH4/c4*1-8(2)9-6-4-3-5-7-9;2*1-7(2)8-5-3-4-6-8;2*1-4-5(2)3;6*1-2;/h2*8-9H,3-7H2,1-2H3;2*3-8H,1-2H3;2*7-8H,3-6H2,1-2H3;2*5H,4H2,1-3H3;6*1-2H3;1H4. The van der Waals surface area contributed by atoms with Crippen molar-refractivity contribution in [1.29, 1.82) is 0 Å². The Bertz CT molecular complexity index is 1030. The molecule has 0 amide bonds. The van der Waals surface area contributed by atoms with Crippen LogP contribution in [0.4, 0.5) is 0 Å². The fraction of sp³-hybridized carbons (Fsp3) is 0.840. The Kier molecular flexibility index (Phi) is 92.2. The van der Waals surface area contributed by atoms with Crippen molar-refractivity contribution in [2.45, 2.75) is 355 Å². The van der Waals surface area contributed by atoms with Crippen molar-refractivity contribution in [2.24, 2.45) is 59.2 Å². The average Bonchev–Trinajstić information content (AvgIpc) is 4.22. The lowest BCUT2D eigenvalue weighted by atomic mass is 9.82. The third-order valence-electron chi connectivity index (χ3n) is 14.4. The molecule has 4 aliphatic carbocycles. The van der Waals surface area contributed by atoms with Gasteiger partial charge in [0, 0.05) is 0 Å². The third-order valence-corrected chi connectivity index (χ3v) is 14.4. The van der Waals surface area contributed by atoms with Gasteiger partial charge in [0.1, 0.15) is 0 Å². The van der Waals surface area contributed by atoms with Crippen LogP contribution in [0.3, 0.4) is 0 Å². The summed E-state index contributed by atoms with van der Waals surface area (Å²) in [4.78, 5) is 0. The molecule has 0 spiro atoms. The molecule has 0 bridgehead atoms. The molecule has 0 radical (unpaired) electrons. The Hall–Kier alpha value is -1.56. The highest BCUT2D eigenvalue weighted by molar-refractivity contribution is 5.18. The van der Waals surface area contributed by atoms with Crippen LogP contribution in [0.25, 0.3) is 0 Å². The lowest BCUT2D eigenvalue weighted by Crippen LogP contribution is -2.12. The first-order valence-electron chi connectivity index (χ1n) is 33.5. The Balaban J connectivity index is -0.0000000925. The molecule has 0 N–H and O–H groups in total. The summed E-state index contributed by atoms with van der Waals surface area (Å²) in [6.07, 6.45) is 29.5. The predicted molar refractivity (Wildman–Crippen MR) is 363 cm³/mol. The zero-order valence-electron chi connectivity index (χ0n) is 57.8. The smallest absolute Gasteiger partial charge is 0.0219 e. The summed E-state index contributed by atoms with van der Waals surface area (Å²) in [5, 5.41) is 0. The summed E-state index contributed by atoms with van der Waals surface area (Å²) in [5.74, 6) is 11.1. The first-order chi connectivity index (χ1) is 35.4. The van der Waals surface area contributed by atoms with Gasteiger partial charge in [-0.2, -0.15) is 0 Å². The fourth-order valence-electron chi connectivity index (χ4n) is 8.53. The van der Waals surface area contributed by atoms with Crippen LogP contribution in [0.15, 0.2) is 60.7 Å². The Morgan fingerprint density at radius 3 is 0.520 bits per heavy atom. The van der Waals surface area contributed by atoms with Crippen LogP contribution in [0, 0.1) is 59.2 Å². The van der Waals surface area contributed by atoms with Crippen LogP contribution in [0.5, 0.6) is 0 Å². The molecule has 75 heavy (non-hydrogen) atoms. The highest BCUT2D eigenvalue weighted by atomic mass is 14.2. The normalized spacial score (nSPS) is 14.6. The zero-order valence-corrected chi connectivity index (χ0v) is 57.8. The van der Waals surface area contributed by atoms with Crippen LogP contribution in [-0.4, -0.2) is 0 Å². The van der Waals surface area contributed by atoms with Gasteiger partial charge in [-0.25, -0.2) is 0 Å². The number of hydrogen-bond donors (Lipinski definition) is 0. The van der Waals surface area contributed by atoms with Gasteiger partial charge in [-0.15, -0.1) is 0 Å². The van der Waals surface area contributed by atoms with Gasteiger partial charge in [-0.3, -0.25) is 0 Å². The zero-order chi connectivity index (χ0) is 59.3. The van der Waals surface area contributed by atoms with Gasteiger partial charge in [-0.1, -0.05) is 404 Å². The largest absolute Gasteiger partial charge is 0.0776 e. The van der Waals surface area contributed by atoms with Gasteiger partial charge >= 0.3 is 0 Å². The van der Waals surface area contributed by atoms with E-state index >= 15 is 0 Å². The predicted octanol–water partition coefficient (Wildman–Crippen LogP) is 28.6. The Morgan fingerprint density at radius 1 is 0.280 bits per heavy atom. The van der Waals surface area contributed by atoms with Crippen molar-refractivity contribution in [1.82, 2.24) is 0 Å². The van der Waals surface area contributed by atoms with Crippen molar-refractivity contribution in [3.63, 3.8) is 0 Å². The fourth-order valence-corrected chi connectivity index (χ4v) is 8.53. The van der Waals surface area contributed by atoms with E-state index < -0.39 is 0 Å². The van der Waals surface area contributed by atoms with Crippen molar-refractivity contribution in [3.05, 3.63) is 71.8 Å². The molecule has 0 atom stereocenters. The minimum atomic E-state index is 0. The van der Waals surface area contributed by atoms with E-state index in [9.17, 15) is 0 Å². The van der Waals surface area contributed by atoms with Gasteiger partial charge < -0.3 is 0 Å². The molecule has 0 nitrogen and oxygen atoms in total. The molecular formula is C75H156. The molecule has 0 aromatic heterocycles. The second kappa shape index (κ2) is 74.5. The molecule has 2 aromatic carbocycles. The summed E-state index contributed by atoms with van der Waals surface area (Å²) in [5.41, 5.74) is 2.83. The maximum atomic E-state index is 2.36. The number of hydrogen-bond acceptors (Lipinski definition) is 0. The molecule has 6 rings (SSSR count). The minimum absolute atomic E-state index is 0. The van der Waals surface area contributed by atoms with Crippen molar-refractivity contribution in [3.8, 4) is 0 Å². The quantitative estimate of drug-likeness (QED) is 0.247. The summed E-state index contributed by atoms with van der Waals surface area (Å²) in [7, 11) is 0. The minimum Gasteiger partial charge on any atom is -0.0776 e. The molecule has 0 heteroatoms. The lowest BCUT2D eigenvalue weighted by molar-refractivity contribution is 0.279. The summed E-state index contributed by atoms with van der Waals surface area (Å²) in [6.45, 7) is 64.9. The second-order valence-corrected chi connectivity index (χ2v) is 22.6. The molecule has 0 heterocycles. The van der Waals surface area contributed by atoms with Crippen LogP contribution >= 0.6 is 0 Å². The molecule has 4 fully saturated rings. The average molecular weight is 1060 g/mol. The van der Waals surface area contributed by atoms with E-state index in [2.05, 4.69) is 173 Å². The van der Waals surface area contributed by atoms with Crippen LogP contribution in [0.1, 0.15) is 367 Å². The van der Waals surface area contributed by atoms with E-state index in [4.69, 9.17) is 0 Å². The van der Waals surface area contributed by atoms with Crippen LogP contribution in [0.2, 0.25) is 0 Å². The van der Waals surface area contributed by atoms with Gasteiger partial charge in [0.25, 0.3) is 0 Å². The first-order valence-corrected chi connectivity index (χ1v) is 33.5. The molecular weight excluding hydrogens is 901 g/mol. The molecule has 4 saturated carbocycles. The summed E-state index contributed by atoms with van der Waals surface area (Å²) in [6, 6.07) is 21.0. The highest BCUT2D eigenvalue weighted by Gasteiger charge is 2.19. The van der Waals surface area contributed by atoms with E-state index in [0.717, 1.165) is 59.2 Å². The topological polar surface area (TPSA) is 0 Å². The van der Waals surface area contributed by atoms with Gasteiger partial charge in [0.2, 0.25) is 0 Å². The van der Waals surface area contributed by atoms with Crippen molar-refractivity contribution in [2.75, 3.05) is 0 Å². The summed E-state index contributed by atoms with van der Waals surface area (Å²) >= 11 is 0.